The molecule has 1 aliphatic rings. The van der Waals surface area contributed by atoms with E-state index in [4.69, 9.17) is 34.5 Å². The molecule has 100 heavy (non-hydrogen) atoms. The number of hydrogen-bond donors (Lipinski definition) is 2. The van der Waals surface area contributed by atoms with Gasteiger partial charge >= 0.3 is 0 Å². The minimum absolute atomic E-state index is 0.0148. The Morgan fingerprint density at radius 3 is 1.33 bits per heavy atom. The van der Waals surface area contributed by atoms with E-state index in [2.05, 4.69) is 45.5 Å². The van der Waals surface area contributed by atoms with Crippen LogP contribution in [-0.4, -0.2) is 133 Å². The number of aromatic nitrogens is 12. The lowest BCUT2D eigenvalue weighted by atomic mass is 9.95. The van der Waals surface area contributed by atoms with E-state index >= 15 is 0 Å². The second-order valence-corrected chi connectivity index (χ2v) is 21.1. The van der Waals surface area contributed by atoms with Gasteiger partial charge in [0.05, 0.1) is 104 Å². The minimum Gasteiger partial charge on any atom is -0.505 e. The van der Waals surface area contributed by atoms with Crippen molar-refractivity contribution in [1.82, 2.24) is 59.1 Å². The number of phenolic OH excluding ortho intramolecular Hbond substituents is 1. The number of carbonyl (C=O) groups excluding carboxylic acids is 2. The molecular formula is C67H72F2N16O15. The number of nitrogen functional groups attached to an aromatic ring is 1. The number of hydrogen-bond acceptors (Lipinski definition) is 24. The molecule has 0 saturated heterocycles. The summed E-state index contributed by atoms with van der Waals surface area (Å²) in [5.41, 5.74) is 12.1. The molecule has 0 unspecified atom stereocenters. The van der Waals surface area contributed by atoms with Crippen LogP contribution in [0.4, 0.5) is 31.5 Å². The zero-order chi connectivity index (χ0) is 73.7. The van der Waals surface area contributed by atoms with Crippen LogP contribution >= 0.6 is 0 Å². The van der Waals surface area contributed by atoms with Crippen molar-refractivity contribution in [3.8, 4) is 57.2 Å². The number of non-ortho nitro benzene ring substituents is 3. The molecule has 4 heterocycles. The standard InChI is InChI=1S/C17H21N3O3.C15H15N3O2.C11H12N4O3.C11H14N4O.C7H6FNO3.C6H4FNO3/c1-5-23-9-8-15(21)10-14-6-7-16(17(11-14)22-4)20-12(2)18-19-13(20)3;1-9-16-17-10(2)18(9)14-7-11-4-5-13(19)6-12(11)8-15(14)20-3;1-7-12-13-8(2)14(7)10-5-4-9(15(16)17)6-11(10)18-3;1-7-13-14-8(2)15(7)10-5-4-9(12)6-11(10)16-3;1-12-7-4-5(9(10)11)2-3-6(7)8;7-5-2-1-4(8(10)11)3-6(5)9/h6-9,11H,5,10H2,1-4H3;4-5,7-8H,6H2,1-3H3;4-6H,1-3H3;4-6H,12H2,1-3H3;2-4H,1H3;1-3,9H/b9-8+;;;;;. The molecule has 0 amide bonds. The largest absolute Gasteiger partial charge is 0.505 e. The summed E-state index contributed by atoms with van der Waals surface area (Å²) in [6.07, 6.45) is 7.04. The zero-order valence-corrected chi connectivity index (χ0v) is 56.9. The van der Waals surface area contributed by atoms with Crippen LogP contribution in [0.5, 0.6) is 34.5 Å². The van der Waals surface area contributed by atoms with E-state index in [9.17, 15) is 48.7 Å². The second-order valence-electron chi connectivity index (χ2n) is 21.1. The number of phenols is 1. The number of aryl methyl sites for hydroxylation is 8. The number of carbonyl (C=O) groups is 2. The lowest BCUT2D eigenvalue weighted by Gasteiger charge is -2.17. The number of allylic oxidation sites excluding steroid dienone is 2. The van der Waals surface area contributed by atoms with Crippen molar-refractivity contribution in [1.29, 1.82) is 0 Å². The molecule has 0 radical (unpaired) electrons. The fourth-order valence-corrected chi connectivity index (χ4v) is 9.69. The summed E-state index contributed by atoms with van der Waals surface area (Å²) < 4.78 is 63.6. The van der Waals surface area contributed by atoms with Gasteiger partial charge < -0.3 is 39.3 Å². The van der Waals surface area contributed by atoms with Crippen LogP contribution in [-0.2, 0) is 27.2 Å². The number of nitro groups is 3. The van der Waals surface area contributed by atoms with E-state index in [0.717, 1.165) is 111 Å². The molecule has 0 atom stereocenters. The Labute approximate surface area is 571 Å². The van der Waals surface area contributed by atoms with Crippen molar-refractivity contribution in [3.05, 3.63) is 227 Å². The number of benzene rings is 6. The number of rotatable bonds is 17. The molecule has 31 nitrogen and oxygen atoms in total. The van der Waals surface area contributed by atoms with E-state index in [-0.39, 0.29) is 34.4 Å². The molecule has 0 saturated carbocycles. The van der Waals surface area contributed by atoms with Crippen LogP contribution in [0.15, 0.2) is 122 Å². The summed E-state index contributed by atoms with van der Waals surface area (Å²) in [6.45, 7) is 17.4. The van der Waals surface area contributed by atoms with Crippen LogP contribution in [0.2, 0.25) is 0 Å². The van der Waals surface area contributed by atoms with E-state index in [0.29, 0.717) is 59.7 Å². The highest BCUT2D eigenvalue weighted by atomic mass is 19.1. The Balaban J connectivity index is 0.000000192. The number of halogens is 2. The molecule has 33 heteroatoms. The Kier molecular flexibility index (Phi) is 26.8. The second kappa shape index (κ2) is 35.2. The minimum atomic E-state index is -0.865. The highest BCUT2D eigenvalue weighted by molar-refractivity contribution is 5.98. The van der Waals surface area contributed by atoms with Crippen molar-refractivity contribution < 1.29 is 66.7 Å². The van der Waals surface area contributed by atoms with Crippen LogP contribution in [0.3, 0.4) is 0 Å². The highest BCUT2D eigenvalue weighted by Gasteiger charge is 2.21. The monoisotopic (exact) mass is 1380 g/mol. The molecule has 4 aromatic heterocycles. The molecular weight excluding hydrogens is 1310 g/mol. The summed E-state index contributed by atoms with van der Waals surface area (Å²) in [4.78, 5) is 52.6. The fourth-order valence-electron chi connectivity index (χ4n) is 9.69. The van der Waals surface area contributed by atoms with Gasteiger partial charge in [0.15, 0.2) is 34.7 Å². The van der Waals surface area contributed by atoms with E-state index < -0.39 is 32.2 Å². The van der Waals surface area contributed by atoms with Crippen LogP contribution in [0.25, 0.3) is 28.8 Å². The summed E-state index contributed by atoms with van der Waals surface area (Å²) in [5.74, 6) is 6.51. The number of methoxy groups -OCH3 is 5. The number of aromatic hydroxyl groups is 1. The van der Waals surface area contributed by atoms with Crippen molar-refractivity contribution in [2.45, 2.75) is 75.2 Å². The van der Waals surface area contributed by atoms with Crippen LogP contribution in [0.1, 0.15) is 70.2 Å². The molecule has 11 rings (SSSR count). The first kappa shape index (κ1) is 76.2. The number of nitro benzene ring substituents is 3. The first-order valence-corrected chi connectivity index (χ1v) is 29.9. The summed E-state index contributed by atoms with van der Waals surface area (Å²) >= 11 is 0. The van der Waals surface area contributed by atoms with E-state index in [1.807, 2.05) is 111 Å². The fraction of sp³-hybridized carbons (Fsp3) is 0.254. The van der Waals surface area contributed by atoms with Gasteiger partial charge in [-0.2, -0.15) is 0 Å². The number of nitrogens with zero attached hydrogens (tertiary/aromatic N) is 15. The van der Waals surface area contributed by atoms with Crippen molar-refractivity contribution >= 4 is 40.4 Å². The summed E-state index contributed by atoms with van der Waals surface area (Å²) in [6, 6.07) is 25.3. The van der Waals surface area contributed by atoms with Gasteiger partial charge in [0.2, 0.25) is 0 Å². The molecule has 0 fully saturated rings. The Morgan fingerprint density at radius 2 is 0.890 bits per heavy atom. The predicted molar refractivity (Wildman–Crippen MR) is 362 cm³/mol. The summed E-state index contributed by atoms with van der Waals surface area (Å²) in [5, 5.41) is 71.8. The third-order valence-corrected chi connectivity index (χ3v) is 14.4. The molecule has 1 aliphatic carbocycles. The van der Waals surface area contributed by atoms with Gasteiger partial charge in [0.1, 0.15) is 69.6 Å². The van der Waals surface area contributed by atoms with Crippen molar-refractivity contribution in [2.75, 3.05) is 47.9 Å². The summed E-state index contributed by atoms with van der Waals surface area (Å²) in [7, 11) is 7.57. The Morgan fingerprint density at radius 1 is 0.510 bits per heavy atom. The quantitative estimate of drug-likeness (QED) is 0.0281. The maximum absolute atomic E-state index is 12.7. The Bertz CT molecular complexity index is 4580. The predicted octanol–water partition coefficient (Wildman–Crippen LogP) is 11.0. The Hall–Kier alpha value is -12.8. The zero-order valence-electron chi connectivity index (χ0n) is 56.9. The number of ether oxygens (including phenoxy) is 6. The molecule has 0 spiro atoms. The van der Waals surface area contributed by atoms with Crippen molar-refractivity contribution in [2.24, 2.45) is 0 Å². The van der Waals surface area contributed by atoms with Gasteiger partial charge in [-0.25, -0.2) is 8.78 Å². The number of anilines is 1. The van der Waals surface area contributed by atoms with Crippen molar-refractivity contribution in [3.63, 3.8) is 0 Å². The van der Waals surface area contributed by atoms with Gasteiger partial charge in [-0.05, 0) is 140 Å². The molecule has 3 N–H and O–H groups in total. The molecule has 0 aliphatic heterocycles. The van der Waals surface area contributed by atoms with Gasteiger partial charge in [-0.1, -0.05) is 12.1 Å². The van der Waals surface area contributed by atoms with Gasteiger partial charge in [0.25, 0.3) is 17.1 Å². The van der Waals surface area contributed by atoms with Gasteiger partial charge in [-0.3, -0.25) is 58.2 Å². The normalized spacial score (nSPS) is 10.9. The maximum atomic E-state index is 12.7. The average Bonchev–Trinajstić information content (AvgIpc) is 1.60. The first-order chi connectivity index (χ1) is 47.6. The highest BCUT2D eigenvalue weighted by Crippen LogP contribution is 2.34. The number of ketones is 2. The lowest BCUT2D eigenvalue weighted by molar-refractivity contribution is -0.385. The lowest BCUT2D eigenvalue weighted by Crippen LogP contribution is -2.09. The molecule has 10 aromatic rings. The molecule has 6 aromatic carbocycles. The molecule has 0 bridgehead atoms. The third kappa shape index (κ3) is 19.4. The average molecular weight is 1380 g/mol. The molecule has 524 valence electrons. The van der Waals surface area contributed by atoms with E-state index in [1.54, 1.807) is 58.0 Å². The number of fused-ring (bicyclic) bond motifs is 1. The van der Waals surface area contributed by atoms with Crippen LogP contribution < -0.4 is 29.4 Å². The van der Waals surface area contributed by atoms with E-state index in [1.165, 1.54) is 38.7 Å². The smallest absolute Gasteiger partial charge is 0.273 e. The SMILES string of the molecule is CCO/C=C/C(=O)Cc1ccc(-n2c(C)nnc2C)c(OC)c1.COc1cc(N)ccc1-n1c(C)nnc1C.COc1cc([N+](=O)[O-])ccc1-n1c(C)nnc1C.COc1cc([N+](=O)[O-])ccc1F.COc1cc2c(cc1-n1c(C)nnc1C)C=CC(=O)C2.O=[N+]([O-])c1ccc(F)c(O)c1. The first-order valence-electron chi connectivity index (χ1n) is 29.9. The van der Waals surface area contributed by atoms with Gasteiger partial charge in [0, 0.05) is 48.9 Å². The topological polar surface area (TPSA) is 388 Å². The third-order valence-electron chi connectivity index (χ3n) is 14.4. The maximum Gasteiger partial charge on any atom is 0.273 e. The van der Waals surface area contributed by atoms with Crippen LogP contribution in [0, 0.1) is 97.4 Å². The number of nitrogens with two attached hydrogens (primary N) is 1. The van der Waals surface area contributed by atoms with Gasteiger partial charge in [-0.15, -0.1) is 40.8 Å².